The van der Waals surface area contributed by atoms with Crippen LogP contribution in [0.15, 0.2) is 12.1 Å². The van der Waals surface area contributed by atoms with E-state index in [1.807, 2.05) is 5.32 Å². The summed E-state index contributed by atoms with van der Waals surface area (Å²) in [6.07, 6.45) is -0.391. The van der Waals surface area contributed by atoms with Crippen LogP contribution in [0.3, 0.4) is 0 Å². The Kier molecular flexibility index (Phi) is 5.51. The molecule has 0 saturated heterocycles. The normalized spacial score (nSPS) is 11.8. The van der Waals surface area contributed by atoms with Crippen LogP contribution in [0.5, 0.6) is 0 Å². The predicted molar refractivity (Wildman–Crippen MR) is 64.3 cm³/mol. The maximum atomic E-state index is 12.9. The van der Waals surface area contributed by atoms with E-state index in [0.29, 0.717) is 12.1 Å². The second kappa shape index (κ2) is 6.90. The number of aliphatic hydroxyl groups excluding tert-OH is 1. The van der Waals surface area contributed by atoms with Gasteiger partial charge in [-0.25, -0.2) is 13.2 Å². The zero-order chi connectivity index (χ0) is 15.3. The maximum absolute atomic E-state index is 12.9. The van der Waals surface area contributed by atoms with Gasteiger partial charge in [0.1, 0.15) is 0 Å². The molecule has 8 heteroatoms. The highest BCUT2D eigenvalue weighted by atomic mass is 19.2. The number of aliphatic hydroxyl groups is 1. The summed E-state index contributed by atoms with van der Waals surface area (Å²) in [4.78, 5) is 22.7. The van der Waals surface area contributed by atoms with Crippen molar-refractivity contribution in [2.75, 3.05) is 11.9 Å². The summed E-state index contributed by atoms with van der Waals surface area (Å²) in [7, 11) is 0. The van der Waals surface area contributed by atoms with E-state index in [0.717, 1.165) is 0 Å². The first-order valence-electron chi connectivity index (χ1n) is 5.73. The minimum atomic E-state index is -1.66. The fraction of sp³-hybridized carbons (Fsp3) is 0.333. The first-order valence-corrected chi connectivity index (χ1v) is 5.73. The van der Waals surface area contributed by atoms with Gasteiger partial charge in [-0.1, -0.05) is 0 Å². The fourth-order valence-electron chi connectivity index (χ4n) is 1.29. The summed E-state index contributed by atoms with van der Waals surface area (Å²) >= 11 is 0. The molecule has 20 heavy (non-hydrogen) atoms. The average Bonchev–Trinajstić information content (AvgIpc) is 2.35. The lowest BCUT2D eigenvalue weighted by Crippen LogP contribution is -2.36. The van der Waals surface area contributed by atoms with Crippen molar-refractivity contribution in [1.29, 1.82) is 0 Å². The molecule has 3 N–H and O–H groups in total. The Morgan fingerprint density at radius 1 is 1.20 bits per heavy atom. The van der Waals surface area contributed by atoms with Crippen molar-refractivity contribution in [2.45, 2.75) is 19.4 Å². The molecule has 0 aliphatic heterocycles. The Morgan fingerprint density at radius 2 is 1.75 bits per heavy atom. The van der Waals surface area contributed by atoms with Crippen molar-refractivity contribution >= 4 is 17.5 Å². The topological polar surface area (TPSA) is 78.4 Å². The summed E-state index contributed by atoms with van der Waals surface area (Å²) in [5.74, 6) is -6.80. The van der Waals surface area contributed by atoms with Crippen LogP contribution in [-0.2, 0) is 9.59 Å². The van der Waals surface area contributed by atoms with Crippen molar-refractivity contribution < 1.29 is 27.9 Å². The number of nitrogens with one attached hydrogen (secondary N) is 2. The van der Waals surface area contributed by atoms with Gasteiger partial charge in [0.25, 0.3) is 0 Å². The molecule has 2 amide bonds. The van der Waals surface area contributed by atoms with Crippen LogP contribution >= 0.6 is 0 Å². The molecule has 1 aromatic carbocycles. The van der Waals surface area contributed by atoms with Gasteiger partial charge >= 0.3 is 11.8 Å². The number of hydrogen-bond acceptors (Lipinski definition) is 3. The molecule has 0 aromatic heterocycles. The number of anilines is 1. The molecule has 0 aliphatic rings. The predicted octanol–water partition coefficient (Wildman–Crippen LogP) is 0.929. The lowest BCUT2D eigenvalue weighted by molar-refractivity contribution is -0.136. The number of rotatable bonds is 4. The SMILES string of the molecule is CC(O)CCNC(=O)C(=O)Nc1cc(F)c(F)c(F)c1. The van der Waals surface area contributed by atoms with Crippen LogP contribution in [0.25, 0.3) is 0 Å². The maximum Gasteiger partial charge on any atom is 0.313 e. The molecule has 0 bridgehead atoms. The van der Waals surface area contributed by atoms with Gasteiger partial charge in [-0.2, -0.15) is 0 Å². The molecule has 5 nitrogen and oxygen atoms in total. The first-order chi connectivity index (χ1) is 9.31. The van der Waals surface area contributed by atoms with Crippen molar-refractivity contribution in [1.82, 2.24) is 5.32 Å². The standard InChI is InChI=1S/C12H13F3N2O3/c1-6(18)2-3-16-11(19)12(20)17-7-4-8(13)10(15)9(14)5-7/h4-6,18H,2-3H2,1H3,(H,16,19)(H,17,20). The minimum absolute atomic E-state index is 0.0655. The number of carbonyl (C=O) groups is 2. The Bertz CT molecular complexity index is 498. The molecule has 0 saturated carbocycles. The highest BCUT2D eigenvalue weighted by Gasteiger charge is 2.16. The Hall–Kier alpha value is -2.09. The van der Waals surface area contributed by atoms with E-state index in [2.05, 4.69) is 5.32 Å². The molecule has 0 spiro atoms. The zero-order valence-electron chi connectivity index (χ0n) is 10.5. The molecule has 0 heterocycles. The van der Waals surface area contributed by atoms with E-state index >= 15 is 0 Å². The third-order valence-corrected chi connectivity index (χ3v) is 2.30. The summed E-state index contributed by atoms with van der Waals surface area (Å²) in [5, 5.41) is 13.1. The van der Waals surface area contributed by atoms with E-state index < -0.39 is 35.4 Å². The van der Waals surface area contributed by atoms with Crippen molar-refractivity contribution in [2.24, 2.45) is 0 Å². The van der Waals surface area contributed by atoms with Crippen molar-refractivity contribution in [3.63, 3.8) is 0 Å². The van der Waals surface area contributed by atoms with Gasteiger partial charge in [0.2, 0.25) is 0 Å². The Morgan fingerprint density at radius 3 is 2.25 bits per heavy atom. The van der Waals surface area contributed by atoms with E-state index in [1.54, 1.807) is 0 Å². The third-order valence-electron chi connectivity index (χ3n) is 2.30. The van der Waals surface area contributed by atoms with E-state index in [4.69, 9.17) is 5.11 Å². The highest BCUT2D eigenvalue weighted by Crippen LogP contribution is 2.17. The lowest BCUT2D eigenvalue weighted by atomic mass is 10.2. The van der Waals surface area contributed by atoms with Crippen LogP contribution in [0.4, 0.5) is 18.9 Å². The van der Waals surface area contributed by atoms with Crippen LogP contribution in [0, 0.1) is 17.5 Å². The molecule has 0 aliphatic carbocycles. The van der Waals surface area contributed by atoms with Crippen molar-refractivity contribution in [3.8, 4) is 0 Å². The highest BCUT2D eigenvalue weighted by molar-refractivity contribution is 6.39. The van der Waals surface area contributed by atoms with E-state index in [-0.39, 0.29) is 18.7 Å². The first kappa shape index (κ1) is 16.0. The number of hydrogen-bond donors (Lipinski definition) is 3. The Labute approximate surface area is 112 Å². The second-order valence-electron chi connectivity index (χ2n) is 4.10. The quantitative estimate of drug-likeness (QED) is 0.570. The molecule has 1 aromatic rings. The number of carbonyl (C=O) groups excluding carboxylic acids is 2. The van der Waals surface area contributed by atoms with Gasteiger partial charge in [0, 0.05) is 24.4 Å². The number of benzene rings is 1. The molecule has 0 fully saturated rings. The van der Waals surface area contributed by atoms with Gasteiger partial charge in [-0.05, 0) is 13.3 Å². The Balaban J connectivity index is 2.60. The monoisotopic (exact) mass is 290 g/mol. The van der Waals surface area contributed by atoms with Gasteiger partial charge in [0.05, 0.1) is 6.10 Å². The van der Waals surface area contributed by atoms with E-state index in [1.165, 1.54) is 6.92 Å². The van der Waals surface area contributed by atoms with Crippen LogP contribution < -0.4 is 10.6 Å². The summed E-state index contributed by atoms with van der Waals surface area (Å²) in [5.41, 5.74) is -0.378. The van der Waals surface area contributed by atoms with Gasteiger partial charge in [-0.3, -0.25) is 9.59 Å². The fourth-order valence-corrected chi connectivity index (χ4v) is 1.29. The smallest absolute Gasteiger partial charge is 0.313 e. The molecule has 110 valence electrons. The molecular weight excluding hydrogens is 277 g/mol. The van der Waals surface area contributed by atoms with Crippen LogP contribution in [-0.4, -0.2) is 29.6 Å². The molecular formula is C12H13F3N2O3. The zero-order valence-corrected chi connectivity index (χ0v) is 10.5. The van der Waals surface area contributed by atoms with Crippen LogP contribution in [0.1, 0.15) is 13.3 Å². The lowest BCUT2D eigenvalue weighted by Gasteiger charge is -2.08. The van der Waals surface area contributed by atoms with Gasteiger partial charge in [-0.15, -0.1) is 0 Å². The van der Waals surface area contributed by atoms with Crippen molar-refractivity contribution in [3.05, 3.63) is 29.6 Å². The molecule has 0 radical (unpaired) electrons. The number of amides is 2. The van der Waals surface area contributed by atoms with Gasteiger partial charge < -0.3 is 15.7 Å². The molecule has 1 atom stereocenters. The number of halogens is 3. The molecule has 1 unspecified atom stereocenters. The van der Waals surface area contributed by atoms with Crippen LogP contribution in [0.2, 0.25) is 0 Å². The largest absolute Gasteiger partial charge is 0.393 e. The summed E-state index contributed by atoms with van der Waals surface area (Å²) < 4.78 is 38.5. The summed E-state index contributed by atoms with van der Waals surface area (Å²) in [6, 6.07) is 1.11. The average molecular weight is 290 g/mol. The second-order valence-corrected chi connectivity index (χ2v) is 4.10. The summed E-state index contributed by atoms with van der Waals surface area (Å²) in [6.45, 7) is 1.58. The minimum Gasteiger partial charge on any atom is -0.393 e. The molecule has 1 rings (SSSR count). The van der Waals surface area contributed by atoms with E-state index in [9.17, 15) is 22.8 Å². The third kappa shape index (κ3) is 4.54. The van der Waals surface area contributed by atoms with Gasteiger partial charge in [0.15, 0.2) is 17.5 Å².